The number of amides is 1. The Kier molecular flexibility index (Phi) is 4.97. The van der Waals surface area contributed by atoms with Gasteiger partial charge in [0.05, 0.1) is 5.56 Å². The van der Waals surface area contributed by atoms with Gasteiger partial charge in [-0.15, -0.1) is 0 Å². The predicted molar refractivity (Wildman–Crippen MR) is 76.7 cm³/mol. The highest BCUT2D eigenvalue weighted by Crippen LogP contribution is 2.30. The molecule has 1 aromatic rings. The highest BCUT2D eigenvalue weighted by Gasteiger charge is 2.36. The van der Waals surface area contributed by atoms with Gasteiger partial charge >= 0.3 is 12.1 Å². The largest absolute Gasteiger partial charge is 0.480 e. The summed E-state index contributed by atoms with van der Waals surface area (Å²) < 4.78 is 38.1. The van der Waals surface area contributed by atoms with Gasteiger partial charge in [0.15, 0.2) is 0 Å². The Hall–Kier alpha value is -2.05. The van der Waals surface area contributed by atoms with E-state index in [9.17, 15) is 22.8 Å². The zero-order valence-corrected chi connectivity index (χ0v) is 12.6. The first-order valence-electron chi connectivity index (χ1n) is 7.39. The molecule has 2 atom stereocenters. The minimum absolute atomic E-state index is 0.144. The quantitative estimate of drug-likeness (QED) is 0.924. The lowest BCUT2D eigenvalue weighted by Crippen LogP contribution is -2.43. The standard InChI is InChI=1S/C16H18F3NO3/c1-10(14(21)20-7-3-6-13(20)15(22)23)8-11-4-2-5-12(9-11)16(17,18)19/h2,4-5,9-10,13H,3,6-8H2,1H3,(H,22,23)/t10-,13+/m1/s1. The van der Waals surface area contributed by atoms with Gasteiger partial charge in [0.2, 0.25) is 5.91 Å². The molecule has 0 unspecified atom stereocenters. The first-order chi connectivity index (χ1) is 10.7. The van der Waals surface area contributed by atoms with Crippen LogP contribution in [0.3, 0.4) is 0 Å². The topological polar surface area (TPSA) is 57.6 Å². The van der Waals surface area contributed by atoms with E-state index < -0.39 is 29.7 Å². The Morgan fingerprint density at radius 2 is 2.09 bits per heavy atom. The second-order valence-electron chi connectivity index (χ2n) is 5.83. The molecule has 0 radical (unpaired) electrons. The number of aliphatic carboxylic acids is 1. The van der Waals surface area contributed by atoms with Crippen LogP contribution in [0.25, 0.3) is 0 Å². The number of carbonyl (C=O) groups is 2. The molecule has 0 aromatic heterocycles. The first-order valence-corrected chi connectivity index (χ1v) is 7.39. The molecular weight excluding hydrogens is 311 g/mol. The molecule has 23 heavy (non-hydrogen) atoms. The van der Waals surface area contributed by atoms with Gasteiger partial charge in [0, 0.05) is 12.5 Å². The maximum atomic E-state index is 12.7. The zero-order chi connectivity index (χ0) is 17.2. The molecule has 1 aromatic carbocycles. The summed E-state index contributed by atoms with van der Waals surface area (Å²) in [4.78, 5) is 24.8. The first kappa shape index (κ1) is 17.3. The fourth-order valence-corrected chi connectivity index (χ4v) is 2.89. The molecule has 1 fully saturated rings. The third-order valence-corrected chi connectivity index (χ3v) is 4.04. The van der Waals surface area contributed by atoms with Crippen LogP contribution in [0, 0.1) is 5.92 Å². The number of halogens is 3. The van der Waals surface area contributed by atoms with Gasteiger partial charge in [0.25, 0.3) is 0 Å². The number of hydrogen-bond donors (Lipinski definition) is 1. The molecule has 1 heterocycles. The van der Waals surface area contributed by atoms with Crippen molar-refractivity contribution in [2.24, 2.45) is 5.92 Å². The number of hydrogen-bond acceptors (Lipinski definition) is 2. The summed E-state index contributed by atoms with van der Waals surface area (Å²) >= 11 is 0. The SMILES string of the molecule is C[C@H](Cc1cccc(C(F)(F)F)c1)C(=O)N1CCC[C@H]1C(=O)O. The number of carboxylic acid groups (broad SMARTS) is 1. The molecule has 1 aliphatic rings. The van der Waals surface area contributed by atoms with Crippen molar-refractivity contribution >= 4 is 11.9 Å². The van der Waals surface area contributed by atoms with Crippen LogP contribution in [0.5, 0.6) is 0 Å². The van der Waals surface area contributed by atoms with Crippen LogP contribution < -0.4 is 0 Å². The molecule has 0 spiro atoms. The smallest absolute Gasteiger partial charge is 0.416 e. The van der Waals surface area contributed by atoms with Gasteiger partial charge in [-0.3, -0.25) is 4.79 Å². The number of carbonyl (C=O) groups excluding carboxylic acids is 1. The summed E-state index contributed by atoms with van der Waals surface area (Å²) in [6.45, 7) is 1.99. The number of alkyl halides is 3. The van der Waals surface area contributed by atoms with Gasteiger partial charge in [-0.05, 0) is 30.9 Å². The Labute approximate surface area is 131 Å². The molecule has 2 rings (SSSR count). The normalized spacial score (nSPS) is 19.7. The number of benzene rings is 1. The summed E-state index contributed by atoms with van der Waals surface area (Å²) in [6, 6.07) is 4.04. The van der Waals surface area contributed by atoms with E-state index in [2.05, 4.69) is 0 Å². The van der Waals surface area contributed by atoms with Crippen molar-refractivity contribution in [3.63, 3.8) is 0 Å². The average molecular weight is 329 g/mol. The Bertz CT molecular complexity index is 600. The predicted octanol–water partition coefficient (Wildman–Crippen LogP) is 2.96. The maximum Gasteiger partial charge on any atom is 0.416 e. The molecule has 0 aliphatic carbocycles. The Morgan fingerprint density at radius 3 is 2.70 bits per heavy atom. The lowest BCUT2D eigenvalue weighted by Gasteiger charge is -2.25. The van der Waals surface area contributed by atoms with Crippen molar-refractivity contribution < 1.29 is 27.9 Å². The van der Waals surface area contributed by atoms with Crippen LogP contribution in [-0.2, 0) is 22.2 Å². The molecule has 7 heteroatoms. The second-order valence-corrected chi connectivity index (χ2v) is 5.83. The van der Waals surface area contributed by atoms with Gasteiger partial charge in [-0.25, -0.2) is 4.79 Å². The maximum absolute atomic E-state index is 12.7. The minimum Gasteiger partial charge on any atom is -0.480 e. The van der Waals surface area contributed by atoms with Crippen LogP contribution in [0.1, 0.15) is 30.9 Å². The van der Waals surface area contributed by atoms with Gasteiger partial charge < -0.3 is 10.0 Å². The van der Waals surface area contributed by atoms with E-state index in [-0.39, 0.29) is 12.3 Å². The summed E-state index contributed by atoms with van der Waals surface area (Å²) in [5.41, 5.74) is -0.342. The van der Waals surface area contributed by atoms with Crippen LogP contribution in [-0.4, -0.2) is 34.5 Å². The highest BCUT2D eigenvalue weighted by atomic mass is 19.4. The summed E-state index contributed by atoms with van der Waals surface area (Å²) in [5.74, 6) is -1.94. The molecule has 4 nitrogen and oxygen atoms in total. The minimum atomic E-state index is -4.42. The van der Waals surface area contributed by atoms with Crippen LogP contribution in [0.15, 0.2) is 24.3 Å². The average Bonchev–Trinajstić information content (AvgIpc) is 2.95. The van der Waals surface area contributed by atoms with Crippen molar-refractivity contribution in [2.45, 2.75) is 38.4 Å². The number of carboxylic acids is 1. The van der Waals surface area contributed by atoms with Crippen molar-refractivity contribution in [2.75, 3.05) is 6.54 Å². The lowest BCUT2D eigenvalue weighted by molar-refractivity contribution is -0.149. The van der Waals surface area contributed by atoms with Gasteiger partial charge in [-0.2, -0.15) is 13.2 Å². The molecular formula is C16H18F3NO3. The summed E-state index contributed by atoms with van der Waals surface area (Å²) in [7, 11) is 0. The molecule has 1 amide bonds. The number of rotatable bonds is 4. The highest BCUT2D eigenvalue weighted by molar-refractivity contribution is 5.85. The number of nitrogens with zero attached hydrogens (tertiary/aromatic N) is 1. The van der Waals surface area contributed by atoms with E-state index in [1.807, 2.05) is 0 Å². The Balaban J connectivity index is 2.08. The monoisotopic (exact) mass is 329 g/mol. The van der Waals surface area contributed by atoms with E-state index in [1.165, 1.54) is 17.0 Å². The van der Waals surface area contributed by atoms with Crippen molar-refractivity contribution in [3.05, 3.63) is 35.4 Å². The number of likely N-dealkylation sites (tertiary alicyclic amines) is 1. The van der Waals surface area contributed by atoms with E-state index in [4.69, 9.17) is 5.11 Å². The second kappa shape index (κ2) is 6.60. The zero-order valence-electron chi connectivity index (χ0n) is 12.6. The molecule has 0 bridgehead atoms. The fourth-order valence-electron chi connectivity index (χ4n) is 2.89. The summed E-state index contributed by atoms with van der Waals surface area (Å²) in [5, 5.41) is 9.11. The third kappa shape index (κ3) is 4.03. The molecule has 126 valence electrons. The van der Waals surface area contributed by atoms with Gasteiger partial charge in [0.1, 0.15) is 6.04 Å². The van der Waals surface area contributed by atoms with E-state index >= 15 is 0 Å². The van der Waals surface area contributed by atoms with Crippen molar-refractivity contribution in [1.29, 1.82) is 0 Å². The van der Waals surface area contributed by atoms with E-state index in [0.29, 0.717) is 24.9 Å². The molecule has 1 N–H and O–H groups in total. The fraction of sp³-hybridized carbons (Fsp3) is 0.500. The molecule has 0 saturated carbocycles. The van der Waals surface area contributed by atoms with Crippen LogP contribution >= 0.6 is 0 Å². The van der Waals surface area contributed by atoms with E-state index in [1.54, 1.807) is 6.92 Å². The Morgan fingerprint density at radius 1 is 1.39 bits per heavy atom. The molecule has 1 aliphatic heterocycles. The molecule has 1 saturated heterocycles. The van der Waals surface area contributed by atoms with Gasteiger partial charge in [-0.1, -0.05) is 25.1 Å². The lowest BCUT2D eigenvalue weighted by atomic mass is 9.98. The summed E-state index contributed by atoms with van der Waals surface area (Å²) in [6.07, 6.45) is -3.24. The van der Waals surface area contributed by atoms with Crippen LogP contribution in [0.2, 0.25) is 0 Å². The van der Waals surface area contributed by atoms with Crippen molar-refractivity contribution in [3.8, 4) is 0 Å². The van der Waals surface area contributed by atoms with E-state index in [0.717, 1.165) is 12.1 Å². The third-order valence-electron chi connectivity index (χ3n) is 4.04. The van der Waals surface area contributed by atoms with Crippen LogP contribution in [0.4, 0.5) is 13.2 Å². The van der Waals surface area contributed by atoms with Crippen molar-refractivity contribution in [1.82, 2.24) is 4.90 Å².